The summed E-state index contributed by atoms with van der Waals surface area (Å²) in [5.41, 5.74) is 0.839. The third kappa shape index (κ3) is 3.08. The fraction of sp³-hybridized carbons (Fsp3) is 0.308. The highest BCUT2D eigenvalue weighted by atomic mass is 32.2. The molecule has 3 amide bonds. The van der Waals surface area contributed by atoms with Crippen LogP contribution in [0.1, 0.15) is 18.4 Å². The molecule has 1 atom stereocenters. The van der Waals surface area contributed by atoms with Gasteiger partial charge >= 0.3 is 12.0 Å². The number of likely N-dealkylation sites (tertiary alicyclic amines) is 1. The molecule has 1 aromatic rings. The smallest absolute Gasteiger partial charge is 0.338 e. The molecule has 0 aliphatic carbocycles. The van der Waals surface area contributed by atoms with Gasteiger partial charge in [0, 0.05) is 6.42 Å². The van der Waals surface area contributed by atoms with Crippen LogP contribution in [0, 0.1) is 6.92 Å². The van der Waals surface area contributed by atoms with E-state index in [9.17, 15) is 22.8 Å². The molecular weight excluding hydrogens is 312 g/mol. The maximum atomic E-state index is 12.1. The van der Waals surface area contributed by atoms with E-state index >= 15 is 0 Å². The Kier molecular flexibility index (Phi) is 4.18. The first-order chi connectivity index (χ1) is 10.2. The summed E-state index contributed by atoms with van der Waals surface area (Å²) in [5.74, 6) is -2.07. The van der Waals surface area contributed by atoms with E-state index in [1.165, 1.54) is 12.1 Å². The molecule has 2 rings (SSSR count). The summed E-state index contributed by atoms with van der Waals surface area (Å²) in [6.45, 7) is 1.77. The lowest BCUT2D eigenvalue weighted by atomic mass is 10.2. The van der Waals surface area contributed by atoms with Crippen LogP contribution in [-0.2, 0) is 19.6 Å². The Morgan fingerprint density at radius 2 is 1.86 bits per heavy atom. The van der Waals surface area contributed by atoms with Crippen molar-refractivity contribution in [2.75, 3.05) is 0 Å². The third-order valence-electron chi connectivity index (χ3n) is 3.27. The number of hydrogen-bond acceptors (Lipinski definition) is 5. The van der Waals surface area contributed by atoms with Gasteiger partial charge in [0.1, 0.15) is 6.04 Å². The highest BCUT2D eigenvalue weighted by Gasteiger charge is 2.41. The van der Waals surface area contributed by atoms with E-state index in [2.05, 4.69) is 0 Å². The number of carbonyl (C=O) groups excluding carboxylic acids is 2. The molecule has 9 heteroatoms. The summed E-state index contributed by atoms with van der Waals surface area (Å²) in [6.07, 6.45) is -0.152. The number of nitrogens with one attached hydrogen (secondary N) is 1. The van der Waals surface area contributed by atoms with Crippen molar-refractivity contribution in [1.29, 1.82) is 0 Å². The van der Waals surface area contributed by atoms with Crippen molar-refractivity contribution < 1.29 is 27.9 Å². The molecule has 0 saturated carbocycles. The van der Waals surface area contributed by atoms with Crippen LogP contribution in [0.4, 0.5) is 4.79 Å². The number of carboxylic acids is 1. The van der Waals surface area contributed by atoms with Gasteiger partial charge in [-0.25, -0.2) is 27.6 Å². The lowest BCUT2D eigenvalue weighted by Gasteiger charge is -2.19. The van der Waals surface area contributed by atoms with Gasteiger partial charge < -0.3 is 5.11 Å². The number of urea groups is 1. The topological polar surface area (TPSA) is 121 Å². The first-order valence-electron chi connectivity index (χ1n) is 6.40. The van der Waals surface area contributed by atoms with Gasteiger partial charge in [-0.05, 0) is 25.5 Å². The Balaban J connectivity index is 2.22. The first kappa shape index (κ1) is 16.0. The Morgan fingerprint density at radius 1 is 1.27 bits per heavy atom. The summed E-state index contributed by atoms with van der Waals surface area (Å²) < 4.78 is 25.9. The Labute approximate surface area is 126 Å². The van der Waals surface area contributed by atoms with Crippen LogP contribution in [0.25, 0.3) is 0 Å². The number of nitrogens with zero attached hydrogens (tertiary/aromatic N) is 1. The number of sulfonamides is 1. The largest absolute Gasteiger partial charge is 0.480 e. The molecule has 22 heavy (non-hydrogen) atoms. The predicted octanol–water partition coefficient (Wildman–Crippen LogP) is 0.469. The third-order valence-corrected chi connectivity index (χ3v) is 4.60. The van der Waals surface area contributed by atoms with Crippen LogP contribution in [-0.4, -0.2) is 42.4 Å². The highest BCUT2D eigenvalue weighted by molar-refractivity contribution is 7.90. The molecule has 1 saturated heterocycles. The van der Waals surface area contributed by atoms with Gasteiger partial charge in [-0.15, -0.1) is 0 Å². The van der Waals surface area contributed by atoms with Crippen LogP contribution < -0.4 is 4.72 Å². The van der Waals surface area contributed by atoms with Gasteiger partial charge in [-0.1, -0.05) is 17.7 Å². The van der Waals surface area contributed by atoms with Crippen molar-refractivity contribution in [3.63, 3.8) is 0 Å². The standard InChI is InChI=1S/C13H14N2O6S/c1-8-2-4-9(5-3-8)22(20,21)14-13(19)15-10(12(17)18)6-7-11(15)16/h2-5,10H,6-7H2,1H3,(H,14,19)(H,17,18). The van der Waals surface area contributed by atoms with Crippen LogP contribution in [0.5, 0.6) is 0 Å². The summed E-state index contributed by atoms with van der Waals surface area (Å²) >= 11 is 0. The number of carbonyl (C=O) groups is 3. The molecule has 1 fully saturated rings. The number of aryl methyl sites for hydroxylation is 1. The van der Waals surface area contributed by atoms with E-state index in [1.54, 1.807) is 23.8 Å². The fourth-order valence-corrected chi connectivity index (χ4v) is 3.05. The van der Waals surface area contributed by atoms with Crippen LogP contribution in [0.15, 0.2) is 29.2 Å². The number of benzene rings is 1. The summed E-state index contributed by atoms with van der Waals surface area (Å²) in [5, 5.41) is 8.97. The quantitative estimate of drug-likeness (QED) is 0.833. The molecule has 1 aliphatic heterocycles. The zero-order valence-corrected chi connectivity index (χ0v) is 12.5. The zero-order valence-electron chi connectivity index (χ0n) is 11.6. The second-order valence-corrected chi connectivity index (χ2v) is 6.56. The van der Waals surface area contributed by atoms with Crippen LogP contribution >= 0.6 is 0 Å². The Bertz CT molecular complexity index is 725. The van der Waals surface area contributed by atoms with Gasteiger partial charge in [-0.3, -0.25) is 4.79 Å². The van der Waals surface area contributed by atoms with E-state index in [4.69, 9.17) is 5.11 Å². The van der Waals surface area contributed by atoms with E-state index < -0.39 is 34.0 Å². The molecule has 1 aliphatic rings. The van der Waals surface area contributed by atoms with Gasteiger partial charge in [0.05, 0.1) is 4.90 Å². The molecule has 8 nitrogen and oxygen atoms in total. The van der Waals surface area contributed by atoms with Crippen molar-refractivity contribution in [3.8, 4) is 0 Å². The van der Waals surface area contributed by atoms with Gasteiger partial charge in [0.15, 0.2) is 0 Å². The van der Waals surface area contributed by atoms with Crippen molar-refractivity contribution in [2.24, 2.45) is 0 Å². The highest BCUT2D eigenvalue weighted by Crippen LogP contribution is 2.20. The minimum absolute atomic E-state index is 0.0355. The Hall–Kier alpha value is -2.42. The number of aliphatic carboxylic acids is 1. The normalized spacial score (nSPS) is 18.3. The van der Waals surface area contributed by atoms with Gasteiger partial charge in [0.25, 0.3) is 10.0 Å². The second kappa shape index (κ2) is 5.76. The van der Waals surface area contributed by atoms with E-state index in [1.807, 2.05) is 0 Å². The molecule has 2 N–H and O–H groups in total. The first-order valence-corrected chi connectivity index (χ1v) is 7.89. The lowest BCUT2D eigenvalue weighted by molar-refractivity contribution is -0.144. The number of imide groups is 1. The van der Waals surface area contributed by atoms with Crippen LogP contribution in [0.2, 0.25) is 0 Å². The van der Waals surface area contributed by atoms with E-state index in [-0.39, 0.29) is 17.7 Å². The minimum Gasteiger partial charge on any atom is -0.480 e. The molecular formula is C13H14N2O6S. The molecule has 0 aromatic heterocycles. The number of hydrogen-bond donors (Lipinski definition) is 2. The molecule has 0 spiro atoms. The molecule has 118 valence electrons. The summed E-state index contributed by atoms with van der Waals surface area (Å²) in [4.78, 5) is 34.9. The minimum atomic E-state index is -4.17. The van der Waals surface area contributed by atoms with Crippen molar-refractivity contribution in [3.05, 3.63) is 29.8 Å². The van der Waals surface area contributed by atoms with Gasteiger partial charge in [-0.2, -0.15) is 0 Å². The monoisotopic (exact) mass is 326 g/mol. The Morgan fingerprint density at radius 3 is 2.41 bits per heavy atom. The molecule has 0 radical (unpaired) electrons. The number of carboxylic acid groups (broad SMARTS) is 1. The summed E-state index contributed by atoms with van der Waals surface area (Å²) in [6, 6.07) is 3.13. The number of amides is 3. The average Bonchev–Trinajstić information content (AvgIpc) is 2.81. The molecule has 1 aromatic carbocycles. The van der Waals surface area contributed by atoms with E-state index in [0.717, 1.165) is 5.56 Å². The van der Waals surface area contributed by atoms with Crippen LogP contribution in [0.3, 0.4) is 0 Å². The van der Waals surface area contributed by atoms with Crippen molar-refractivity contribution in [1.82, 2.24) is 9.62 Å². The van der Waals surface area contributed by atoms with Crippen molar-refractivity contribution >= 4 is 27.9 Å². The maximum Gasteiger partial charge on any atom is 0.338 e. The summed E-state index contributed by atoms with van der Waals surface area (Å²) in [7, 11) is -4.17. The van der Waals surface area contributed by atoms with Crippen molar-refractivity contribution in [2.45, 2.75) is 30.7 Å². The molecule has 0 bridgehead atoms. The van der Waals surface area contributed by atoms with E-state index in [0.29, 0.717) is 4.90 Å². The number of rotatable bonds is 3. The SMILES string of the molecule is Cc1ccc(S(=O)(=O)NC(=O)N2C(=O)CCC2C(=O)O)cc1. The second-order valence-electron chi connectivity index (χ2n) is 4.88. The molecule has 1 unspecified atom stereocenters. The lowest BCUT2D eigenvalue weighted by Crippen LogP contribution is -2.49. The zero-order chi connectivity index (χ0) is 16.5. The molecule has 1 heterocycles. The van der Waals surface area contributed by atoms with Gasteiger partial charge in [0.2, 0.25) is 5.91 Å². The fourth-order valence-electron chi connectivity index (χ4n) is 2.11. The predicted molar refractivity (Wildman–Crippen MR) is 74.4 cm³/mol. The maximum absolute atomic E-state index is 12.1. The average molecular weight is 326 g/mol.